The summed E-state index contributed by atoms with van der Waals surface area (Å²) in [5.74, 6) is -1.92. The van der Waals surface area contributed by atoms with Crippen molar-refractivity contribution >= 4 is 11.6 Å². The van der Waals surface area contributed by atoms with Crippen LogP contribution in [0, 0.1) is 22.7 Å². The Morgan fingerprint density at radius 1 is 1.25 bits per heavy atom. The van der Waals surface area contributed by atoms with Crippen molar-refractivity contribution in [1.29, 1.82) is 10.5 Å². The molecule has 0 bridgehead atoms. The van der Waals surface area contributed by atoms with E-state index >= 15 is 0 Å². The quantitative estimate of drug-likeness (QED) is 0.589. The predicted molar refractivity (Wildman–Crippen MR) is 69.6 cm³/mol. The van der Waals surface area contributed by atoms with Gasteiger partial charge in [-0.05, 0) is 18.6 Å². The van der Waals surface area contributed by atoms with Crippen LogP contribution in [0.2, 0.25) is 0 Å². The molecule has 1 aromatic carbocycles. The number of hydrogen-bond acceptors (Lipinski definition) is 4. The number of ketones is 2. The molecule has 1 unspecified atom stereocenters. The van der Waals surface area contributed by atoms with Crippen LogP contribution in [0.1, 0.15) is 47.7 Å². The third-order valence-corrected chi connectivity index (χ3v) is 2.84. The monoisotopic (exact) mass is 272 g/mol. The summed E-state index contributed by atoms with van der Waals surface area (Å²) in [6.07, 6.45) is -1.13. The summed E-state index contributed by atoms with van der Waals surface area (Å²) in [5.41, 5.74) is -0.505. The number of hydrogen-bond donors (Lipinski definition) is 0. The Bertz CT molecular complexity index is 579. The van der Waals surface area contributed by atoms with Crippen molar-refractivity contribution in [3.8, 4) is 12.1 Å². The van der Waals surface area contributed by atoms with Crippen molar-refractivity contribution in [3.63, 3.8) is 0 Å². The van der Waals surface area contributed by atoms with Crippen LogP contribution in [0.25, 0.3) is 0 Å². The first-order valence-electron chi connectivity index (χ1n) is 6.21. The smallest absolute Gasteiger partial charge is 0.220 e. The summed E-state index contributed by atoms with van der Waals surface area (Å²) in [6, 6.07) is 7.54. The van der Waals surface area contributed by atoms with E-state index in [0.717, 1.165) is 0 Å². The Morgan fingerprint density at radius 2 is 1.80 bits per heavy atom. The van der Waals surface area contributed by atoms with Gasteiger partial charge in [-0.3, -0.25) is 9.59 Å². The standard InChI is InChI=1S/C15H13FN2O2/c1-2-3-7-12(19)14(16)15(20)13-10(8-17)5-4-6-11(13)9-18/h4-6,14H,2-3,7H2,1H3. The zero-order chi connectivity index (χ0) is 15.1. The van der Waals surface area contributed by atoms with Gasteiger partial charge in [0.25, 0.3) is 0 Å². The van der Waals surface area contributed by atoms with Crippen LogP contribution >= 0.6 is 0 Å². The van der Waals surface area contributed by atoms with Crippen LogP contribution in [0.4, 0.5) is 4.39 Å². The summed E-state index contributed by atoms with van der Waals surface area (Å²) in [5, 5.41) is 17.9. The number of Topliss-reactive ketones (excluding diaryl/α,β-unsaturated/α-hetero) is 2. The van der Waals surface area contributed by atoms with Crippen LogP contribution in [0.15, 0.2) is 18.2 Å². The number of carbonyl (C=O) groups excluding carboxylic acids is 2. The first-order valence-corrected chi connectivity index (χ1v) is 6.21. The summed E-state index contributed by atoms with van der Waals surface area (Å²) in [4.78, 5) is 23.6. The first kappa shape index (κ1) is 15.5. The van der Waals surface area contributed by atoms with Gasteiger partial charge in [0.1, 0.15) is 0 Å². The van der Waals surface area contributed by atoms with Crippen molar-refractivity contribution in [3.05, 3.63) is 34.9 Å². The molecule has 20 heavy (non-hydrogen) atoms. The van der Waals surface area contributed by atoms with Gasteiger partial charge >= 0.3 is 0 Å². The molecule has 0 amide bonds. The van der Waals surface area contributed by atoms with Gasteiger partial charge in [-0.25, -0.2) is 4.39 Å². The minimum absolute atomic E-state index is 0.0278. The molecule has 5 heteroatoms. The molecule has 102 valence electrons. The topological polar surface area (TPSA) is 81.7 Å². The van der Waals surface area contributed by atoms with Gasteiger partial charge < -0.3 is 0 Å². The molecule has 0 spiro atoms. The molecule has 0 aliphatic rings. The second kappa shape index (κ2) is 7.16. The fourth-order valence-corrected chi connectivity index (χ4v) is 1.75. The number of carbonyl (C=O) groups is 2. The summed E-state index contributed by atoms with van der Waals surface area (Å²) in [6.45, 7) is 1.85. The molecule has 0 saturated carbocycles. The van der Waals surface area contributed by atoms with Crippen LogP contribution in [0.3, 0.4) is 0 Å². The van der Waals surface area contributed by atoms with E-state index in [-0.39, 0.29) is 23.1 Å². The van der Waals surface area contributed by atoms with E-state index in [0.29, 0.717) is 12.8 Å². The number of unbranched alkanes of at least 4 members (excludes halogenated alkanes) is 1. The zero-order valence-electron chi connectivity index (χ0n) is 11.0. The minimum atomic E-state index is -2.32. The lowest BCUT2D eigenvalue weighted by atomic mass is 9.94. The van der Waals surface area contributed by atoms with Crippen molar-refractivity contribution in [2.24, 2.45) is 0 Å². The van der Waals surface area contributed by atoms with Gasteiger partial charge in [0.05, 0.1) is 28.8 Å². The molecule has 4 nitrogen and oxygen atoms in total. The number of halogens is 1. The SMILES string of the molecule is CCCCC(=O)C(F)C(=O)c1c(C#N)cccc1C#N. The van der Waals surface area contributed by atoms with E-state index in [1.165, 1.54) is 18.2 Å². The fraction of sp³-hybridized carbons (Fsp3) is 0.333. The van der Waals surface area contributed by atoms with E-state index in [1.54, 1.807) is 12.1 Å². The van der Waals surface area contributed by atoms with E-state index in [1.807, 2.05) is 6.92 Å². The predicted octanol–water partition coefficient (Wildman–Crippen LogP) is 2.71. The maximum atomic E-state index is 13.9. The molecule has 1 aromatic rings. The van der Waals surface area contributed by atoms with Crippen molar-refractivity contribution in [2.45, 2.75) is 32.4 Å². The Balaban J connectivity index is 3.13. The van der Waals surface area contributed by atoms with Gasteiger partial charge in [-0.2, -0.15) is 10.5 Å². The maximum absolute atomic E-state index is 13.9. The molecule has 0 radical (unpaired) electrons. The van der Waals surface area contributed by atoms with Gasteiger partial charge in [0.15, 0.2) is 5.78 Å². The highest BCUT2D eigenvalue weighted by Crippen LogP contribution is 2.18. The summed E-state index contributed by atoms with van der Waals surface area (Å²) in [7, 11) is 0. The Morgan fingerprint density at radius 3 is 2.25 bits per heavy atom. The minimum Gasteiger partial charge on any atom is -0.296 e. The molecular formula is C15H13FN2O2. The van der Waals surface area contributed by atoms with E-state index in [4.69, 9.17) is 10.5 Å². The third kappa shape index (κ3) is 3.27. The lowest BCUT2D eigenvalue weighted by Gasteiger charge is -2.09. The summed E-state index contributed by atoms with van der Waals surface area (Å²) < 4.78 is 13.9. The Hall–Kier alpha value is -2.53. The second-order valence-corrected chi connectivity index (χ2v) is 4.25. The third-order valence-electron chi connectivity index (χ3n) is 2.84. The molecule has 0 N–H and O–H groups in total. The summed E-state index contributed by atoms with van der Waals surface area (Å²) >= 11 is 0. The number of nitriles is 2. The molecule has 1 rings (SSSR count). The van der Waals surface area contributed by atoms with Gasteiger partial charge in [0.2, 0.25) is 12.0 Å². The highest BCUT2D eigenvalue weighted by Gasteiger charge is 2.30. The molecule has 0 fully saturated rings. The highest BCUT2D eigenvalue weighted by atomic mass is 19.1. The molecule has 0 aliphatic carbocycles. The van der Waals surface area contributed by atoms with Gasteiger partial charge in [0, 0.05) is 6.42 Å². The lowest BCUT2D eigenvalue weighted by molar-refractivity contribution is -0.122. The molecule has 1 atom stereocenters. The second-order valence-electron chi connectivity index (χ2n) is 4.25. The Labute approximate surface area is 116 Å². The van der Waals surface area contributed by atoms with Crippen LogP contribution in [-0.4, -0.2) is 17.7 Å². The number of benzene rings is 1. The number of rotatable bonds is 6. The molecule has 0 saturated heterocycles. The highest BCUT2D eigenvalue weighted by molar-refractivity contribution is 6.15. The van der Waals surface area contributed by atoms with Gasteiger partial charge in [-0.1, -0.05) is 19.4 Å². The van der Waals surface area contributed by atoms with E-state index in [2.05, 4.69) is 0 Å². The average molecular weight is 272 g/mol. The number of nitrogens with zero attached hydrogens (tertiary/aromatic N) is 2. The van der Waals surface area contributed by atoms with Gasteiger partial charge in [-0.15, -0.1) is 0 Å². The first-order chi connectivity index (χ1) is 9.56. The number of alkyl halides is 1. The largest absolute Gasteiger partial charge is 0.296 e. The maximum Gasteiger partial charge on any atom is 0.220 e. The van der Waals surface area contributed by atoms with Crippen LogP contribution < -0.4 is 0 Å². The van der Waals surface area contributed by atoms with Crippen molar-refractivity contribution < 1.29 is 14.0 Å². The zero-order valence-corrected chi connectivity index (χ0v) is 11.0. The molecular weight excluding hydrogens is 259 g/mol. The van der Waals surface area contributed by atoms with Crippen molar-refractivity contribution in [2.75, 3.05) is 0 Å². The fourth-order valence-electron chi connectivity index (χ4n) is 1.75. The molecule has 0 aromatic heterocycles. The van der Waals surface area contributed by atoms with E-state index in [9.17, 15) is 14.0 Å². The molecule has 0 heterocycles. The average Bonchev–Trinajstić information content (AvgIpc) is 2.49. The van der Waals surface area contributed by atoms with E-state index < -0.39 is 17.7 Å². The normalized spacial score (nSPS) is 11.2. The Kier molecular flexibility index (Phi) is 5.56. The van der Waals surface area contributed by atoms with Crippen molar-refractivity contribution in [1.82, 2.24) is 0 Å². The lowest BCUT2D eigenvalue weighted by Crippen LogP contribution is -2.27. The van der Waals surface area contributed by atoms with Crippen LogP contribution in [0.5, 0.6) is 0 Å². The van der Waals surface area contributed by atoms with Crippen LogP contribution in [-0.2, 0) is 4.79 Å². The molecule has 0 aliphatic heterocycles.